The molecule has 0 fully saturated rings. The molecule has 1 aromatic carbocycles. The van der Waals surface area contributed by atoms with Crippen LogP contribution in [0, 0.1) is 0 Å². The summed E-state index contributed by atoms with van der Waals surface area (Å²) in [6, 6.07) is 2.84. The largest absolute Gasteiger partial charge is 0.446 e. The second-order valence-corrected chi connectivity index (χ2v) is 6.34. The maximum Gasteiger partial charge on any atom is 0.414 e. The Balaban J connectivity index is 2.08. The molecule has 1 aliphatic carbocycles. The number of benzene rings is 1. The number of ether oxygens (including phenoxy) is 1. The highest BCUT2D eigenvalue weighted by molar-refractivity contribution is 6.06. The van der Waals surface area contributed by atoms with Gasteiger partial charge in [-0.3, -0.25) is 9.69 Å². The Morgan fingerprint density at radius 1 is 1.30 bits per heavy atom. The van der Waals surface area contributed by atoms with Crippen LogP contribution in [0.5, 0.6) is 0 Å². The van der Waals surface area contributed by atoms with Crippen LogP contribution in [0.2, 0.25) is 0 Å². The molecule has 0 radical (unpaired) electrons. The highest BCUT2D eigenvalue weighted by atomic mass is 19.3. The fourth-order valence-corrected chi connectivity index (χ4v) is 3.16. The Morgan fingerprint density at radius 3 is 2.74 bits per heavy atom. The molecule has 124 valence electrons. The van der Waals surface area contributed by atoms with Gasteiger partial charge < -0.3 is 4.74 Å². The van der Waals surface area contributed by atoms with E-state index in [0.29, 0.717) is 24.2 Å². The summed E-state index contributed by atoms with van der Waals surface area (Å²) in [5.41, 5.74) is 1.02. The molecule has 2 aliphatic rings. The van der Waals surface area contributed by atoms with Gasteiger partial charge in [-0.1, -0.05) is 0 Å². The number of amides is 1. The predicted octanol–water partition coefficient (Wildman–Crippen LogP) is 4.05. The second-order valence-electron chi connectivity index (χ2n) is 6.34. The fourth-order valence-electron chi connectivity index (χ4n) is 3.16. The van der Waals surface area contributed by atoms with Crippen LogP contribution in [-0.4, -0.2) is 24.5 Å². The molecule has 1 aliphatic heterocycles. The summed E-state index contributed by atoms with van der Waals surface area (Å²) in [6.07, 6.45) is -0.110. The molecule has 0 N–H and O–H groups in total. The number of rotatable bonds is 1. The Bertz CT molecular complexity index is 670. The van der Waals surface area contributed by atoms with Crippen LogP contribution < -0.4 is 4.90 Å². The zero-order valence-corrected chi connectivity index (χ0v) is 13.2. The van der Waals surface area contributed by atoms with E-state index in [9.17, 15) is 18.4 Å². The lowest BCUT2D eigenvalue weighted by Crippen LogP contribution is -2.34. The summed E-state index contributed by atoms with van der Waals surface area (Å²) >= 11 is 0. The molecule has 1 amide bonds. The van der Waals surface area contributed by atoms with Crippen LogP contribution in [0.15, 0.2) is 12.1 Å². The van der Waals surface area contributed by atoms with Crippen molar-refractivity contribution in [2.75, 3.05) is 11.4 Å². The van der Waals surface area contributed by atoms with Gasteiger partial charge in [-0.2, -0.15) is 0 Å². The monoisotopic (exact) mass is 323 g/mol. The van der Waals surface area contributed by atoms with Gasteiger partial charge in [0.2, 0.25) is 0 Å². The first-order chi connectivity index (χ1) is 10.8. The molecule has 0 saturated carbocycles. The van der Waals surface area contributed by atoms with E-state index in [1.807, 2.05) is 0 Å². The first kappa shape index (κ1) is 15.9. The summed E-state index contributed by atoms with van der Waals surface area (Å²) in [6.45, 7) is 3.83. The standard InChI is InChI=1S/C17H19F2NO3/c1-10(2)23-16(22)20-7-3-4-15(21)12-9-13-11(8-14(12)20)5-6-17(13,18)19/h8-10H,3-7H2,1-2H3. The Labute approximate surface area is 133 Å². The molecule has 1 aromatic rings. The average molecular weight is 323 g/mol. The molecule has 4 nitrogen and oxygen atoms in total. The van der Waals surface area contributed by atoms with Gasteiger partial charge in [0.05, 0.1) is 11.8 Å². The van der Waals surface area contributed by atoms with Gasteiger partial charge in [-0.15, -0.1) is 0 Å². The number of anilines is 1. The van der Waals surface area contributed by atoms with E-state index in [-0.39, 0.29) is 42.3 Å². The van der Waals surface area contributed by atoms with Crippen LogP contribution in [0.3, 0.4) is 0 Å². The normalized spacial score (nSPS) is 19.3. The number of hydrogen-bond acceptors (Lipinski definition) is 3. The second kappa shape index (κ2) is 5.58. The predicted molar refractivity (Wildman–Crippen MR) is 81.2 cm³/mol. The van der Waals surface area contributed by atoms with E-state index in [0.717, 1.165) is 0 Å². The lowest BCUT2D eigenvalue weighted by molar-refractivity contribution is -0.00185. The zero-order valence-electron chi connectivity index (χ0n) is 13.2. The fraction of sp³-hybridized carbons (Fsp3) is 0.529. The first-order valence-corrected chi connectivity index (χ1v) is 7.86. The van der Waals surface area contributed by atoms with Crippen molar-refractivity contribution in [3.8, 4) is 0 Å². The Morgan fingerprint density at radius 2 is 2.04 bits per heavy atom. The minimum atomic E-state index is -2.90. The van der Waals surface area contributed by atoms with Crippen molar-refractivity contribution in [1.82, 2.24) is 0 Å². The van der Waals surface area contributed by atoms with Crippen LogP contribution >= 0.6 is 0 Å². The lowest BCUT2D eigenvalue weighted by atomic mass is 9.99. The number of Topliss-reactive ketones (excluding diaryl/α,β-unsaturated/α-hetero) is 1. The third-order valence-electron chi connectivity index (χ3n) is 4.26. The molecule has 3 rings (SSSR count). The van der Waals surface area contributed by atoms with Crippen LogP contribution in [0.1, 0.15) is 54.6 Å². The third-order valence-corrected chi connectivity index (χ3v) is 4.26. The zero-order chi connectivity index (χ0) is 16.8. The third kappa shape index (κ3) is 2.82. The van der Waals surface area contributed by atoms with E-state index >= 15 is 0 Å². The summed E-state index contributed by atoms with van der Waals surface area (Å²) < 4.78 is 33.1. The van der Waals surface area contributed by atoms with Crippen molar-refractivity contribution in [2.24, 2.45) is 0 Å². The van der Waals surface area contributed by atoms with Crippen molar-refractivity contribution < 1.29 is 23.1 Å². The average Bonchev–Trinajstić information content (AvgIpc) is 2.66. The van der Waals surface area contributed by atoms with Crippen LogP contribution in [-0.2, 0) is 17.1 Å². The number of carbonyl (C=O) groups excluding carboxylic acids is 2. The molecule has 0 atom stereocenters. The molecule has 23 heavy (non-hydrogen) atoms. The number of halogens is 2. The topological polar surface area (TPSA) is 46.6 Å². The molecule has 0 saturated heterocycles. The number of ketones is 1. The number of hydrogen-bond donors (Lipinski definition) is 0. The maximum atomic E-state index is 13.9. The molecule has 0 bridgehead atoms. The molecule has 0 spiro atoms. The van der Waals surface area contributed by atoms with Gasteiger partial charge in [0, 0.05) is 30.5 Å². The summed E-state index contributed by atoms with van der Waals surface area (Å²) in [4.78, 5) is 26.0. The van der Waals surface area contributed by atoms with E-state index < -0.39 is 12.0 Å². The molecule has 1 heterocycles. The molecule has 0 aromatic heterocycles. The molecular formula is C17H19F2NO3. The summed E-state index contributed by atoms with van der Waals surface area (Å²) in [5.74, 6) is -3.11. The first-order valence-electron chi connectivity index (χ1n) is 7.86. The minimum Gasteiger partial charge on any atom is -0.446 e. The number of nitrogens with zero attached hydrogens (tertiary/aromatic N) is 1. The van der Waals surface area contributed by atoms with Gasteiger partial charge in [-0.25, -0.2) is 13.6 Å². The molecular weight excluding hydrogens is 304 g/mol. The highest BCUT2D eigenvalue weighted by Crippen LogP contribution is 2.44. The molecule has 0 unspecified atom stereocenters. The SMILES string of the molecule is CC(C)OC(=O)N1CCCC(=O)c2cc3c(cc21)CCC3(F)F. The van der Waals surface area contributed by atoms with Crippen molar-refractivity contribution in [2.45, 2.75) is 51.6 Å². The number of fused-ring (bicyclic) bond motifs is 2. The lowest BCUT2D eigenvalue weighted by Gasteiger charge is -2.24. The van der Waals surface area contributed by atoms with Gasteiger partial charge in [0.1, 0.15) is 0 Å². The Hall–Kier alpha value is -1.98. The van der Waals surface area contributed by atoms with E-state index in [2.05, 4.69) is 0 Å². The smallest absolute Gasteiger partial charge is 0.414 e. The van der Waals surface area contributed by atoms with Gasteiger partial charge in [0.25, 0.3) is 5.92 Å². The van der Waals surface area contributed by atoms with Crippen molar-refractivity contribution >= 4 is 17.6 Å². The highest BCUT2D eigenvalue weighted by Gasteiger charge is 2.41. The Kier molecular flexibility index (Phi) is 3.86. The quantitative estimate of drug-likeness (QED) is 0.783. The number of alkyl halides is 2. The number of aryl methyl sites for hydroxylation is 1. The minimum absolute atomic E-state index is 0.0799. The summed E-state index contributed by atoms with van der Waals surface area (Å²) in [5, 5.41) is 0. The van der Waals surface area contributed by atoms with Crippen LogP contribution in [0.25, 0.3) is 0 Å². The number of carbonyl (C=O) groups is 2. The van der Waals surface area contributed by atoms with Crippen LogP contribution in [0.4, 0.5) is 19.3 Å². The summed E-state index contributed by atoms with van der Waals surface area (Å²) in [7, 11) is 0. The van der Waals surface area contributed by atoms with Gasteiger partial charge >= 0.3 is 6.09 Å². The van der Waals surface area contributed by atoms with E-state index in [1.54, 1.807) is 19.9 Å². The van der Waals surface area contributed by atoms with E-state index in [4.69, 9.17) is 4.74 Å². The van der Waals surface area contributed by atoms with Crippen molar-refractivity contribution in [1.29, 1.82) is 0 Å². The van der Waals surface area contributed by atoms with E-state index in [1.165, 1.54) is 11.0 Å². The maximum absolute atomic E-state index is 13.9. The molecule has 6 heteroatoms. The van der Waals surface area contributed by atoms with Crippen molar-refractivity contribution in [3.05, 3.63) is 28.8 Å². The van der Waals surface area contributed by atoms with Gasteiger partial charge in [0.15, 0.2) is 5.78 Å². The van der Waals surface area contributed by atoms with Crippen molar-refractivity contribution in [3.63, 3.8) is 0 Å². The van der Waals surface area contributed by atoms with Gasteiger partial charge in [-0.05, 0) is 44.4 Å².